The first-order chi connectivity index (χ1) is 9.61. The maximum absolute atomic E-state index is 12.2. The van der Waals surface area contributed by atoms with Crippen molar-refractivity contribution in [1.82, 2.24) is 5.32 Å². The Morgan fingerprint density at radius 1 is 1.45 bits per heavy atom. The number of hydrogen-bond donors (Lipinski definition) is 2. The maximum Gasteiger partial charge on any atom is 0.340 e. The standard InChI is InChI=1S/C14H17ClN2O3/c1-20-14(19)11-7-10(15)4-5-12(11)17-13(18)9-3-2-6-16-8-9/h4-5,7,9,16H,2-3,6,8H2,1H3,(H,17,18)/t9-/m0/s1. The summed E-state index contributed by atoms with van der Waals surface area (Å²) >= 11 is 5.87. The van der Waals surface area contributed by atoms with Crippen molar-refractivity contribution < 1.29 is 14.3 Å². The normalized spacial score (nSPS) is 18.4. The highest BCUT2D eigenvalue weighted by atomic mass is 35.5. The molecule has 1 heterocycles. The summed E-state index contributed by atoms with van der Waals surface area (Å²) < 4.78 is 4.70. The lowest BCUT2D eigenvalue weighted by atomic mass is 9.98. The topological polar surface area (TPSA) is 67.4 Å². The van der Waals surface area contributed by atoms with Crippen molar-refractivity contribution in [3.8, 4) is 0 Å². The lowest BCUT2D eigenvalue weighted by molar-refractivity contribution is -0.120. The number of methoxy groups -OCH3 is 1. The molecular weight excluding hydrogens is 280 g/mol. The molecule has 2 rings (SSSR count). The number of ether oxygens (including phenoxy) is 1. The van der Waals surface area contributed by atoms with E-state index in [1.54, 1.807) is 12.1 Å². The van der Waals surface area contributed by atoms with Crippen LogP contribution in [0.1, 0.15) is 23.2 Å². The van der Waals surface area contributed by atoms with Crippen molar-refractivity contribution in [3.63, 3.8) is 0 Å². The molecule has 5 nitrogen and oxygen atoms in total. The molecule has 1 saturated heterocycles. The molecule has 1 aliphatic heterocycles. The minimum atomic E-state index is -0.524. The Morgan fingerprint density at radius 3 is 2.90 bits per heavy atom. The van der Waals surface area contributed by atoms with E-state index in [0.29, 0.717) is 17.3 Å². The third-order valence-corrected chi connectivity index (χ3v) is 3.55. The highest BCUT2D eigenvalue weighted by Gasteiger charge is 2.22. The second kappa shape index (κ2) is 6.72. The number of amides is 1. The summed E-state index contributed by atoms with van der Waals surface area (Å²) in [7, 11) is 1.29. The van der Waals surface area contributed by atoms with Gasteiger partial charge in [0.25, 0.3) is 0 Å². The Bertz CT molecular complexity index is 513. The SMILES string of the molecule is COC(=O)c1cc(Cl)ccc1NC(=O)[C@H]1CCCNC1. The van der Waals surface area contributed by atoms with Crippen molar-refractivity contribution in [2.24, 2.45) is 5.92 Å². The summed E-state index contributed by atoms with van der Waals surface area (Å²) in [5, 5.41) is 6.39. The predicted octanol–water partition coefficient (Wildman–Crippen LogP) is 2.06. The van der Waals surface area contributed by atoms with Crippen LogP contribution in [0.4, 0.5) is 5.69 Å². The van der Waals surface area contributed by atoms with Gasteiger partial charge in [0.05, 0.1) is 24.3 Å². The van der Waals surface area contributed by atoms with Crippen LogP contribution in [0, 0.1) is 5.92 Å². The first-order valence-electron chi connectivity index (χ1n) is 6.51. The molecule has 2 N–H and O–H groups in total. The summed E-state index contributed by atoms with van der Waals surface area (Å²) in [6.07, 6.45) is 1.82. The fraction of sp³-hybridized carbons (Fsp3) is 0.429. The van der Waals surface area contributed by atoms with Crippen LogP contribution in [0.3, 0.4) is 0 Å². The van der Waals surface area contributed by atoms with Gasteiger partial charge >= 0.3 is 5.97 Å². The average Bonchev–Trinajstić information content (AvgIpc) is 2.49. The average molecular weight is 297 g/mol. The van der Waals surface area contributed by atoms with Crippen LogP contribution in [0.5, 0.6) is 0 Å². The number of halogens is 1. The minimum Gasteiger partial charge on any atom is -0.465 e. The smallest absolute Gasteiger partial charge is 0.340 e. The van der Waals surface area contributed by atoms with E-state index in [1.165, 1.54) is 13.2 Å². The third-order valence-electron chi connectivity index (χ3n) is 3.31. The molecule has 20 heavy (non-hydrogen) atoms. The van der Waals surface area contributed by atoms with Gasteiger partial charge in [-0.25, -0.2) is 4.79 Å². The van der Waals surface area contributed by atoms with E-state index in [0.717, 1.165) is 19.4 Å². The van der Waals surface area contributed by atoms with Crippen LogP contribution in [0.15, 0.2) is 18.2 Å². The van der Waals surface area contributed by atoms with E-state index in [-0.39, 0.29) is 17.4 Å². The molecule has 1 aliphatic rings. The molecule has 0 aromatic heterocycles. The van der Waals surface area contributed by atoms with Gasteiger partial charge < -0.3 is 15.4 Å². The summed E-state index contributed by atoms with van der Waals surface area (Å²) in [6, 6.07) is 4.73. The summed E-state index contributed by atoms with van der Waals surface area (Å²) in [5.74, 6) is -0.695. The summed E-state index contributed by atoms with van der Waals surface area (Å²) in [5.41, 5.74) is 0.689. The molecule has 1 amide bonds. The molecule has 0 radical (unpaired) electrons. The molecule has 0 spiro atoms. The maximum atomic E-state index is 12.2. The van der Waals surface area contributed by atoms with Crippen LogP contribution in [0.2, 0.25) is 5.02 Å². The van der Waals surface area contributed by atoms with Crippen LogP contribution >= 0.6 is 11.6 Å². The first kappa shape index (κ1) is 14.8. The molecule has 1 atom stereocenters. The number of nitrogens with one attached hydrogen (secondary N) is 2. The monoisotopic (exact) mass is 296 g/mol. The molecule has 1 fully saturated rings. The lowest BCUT2D eigenvalue weighted by Gasteiger charge is -2.22. The highest BCUT2D eigenvalue weighted by Crippen LogP contribution is 2.23. The largest absolute Gasteiger partial charge is 0.465 e. The Kier molecular flexibility index (Phi) is 4.98. The summed E-state index contributed by atoms with van der Waals surface area (Å²) in [4.78, 5) is 23.9. The molecule has 1 aromatic rings. The Labute approximate surface area is 122 Å². The molecule has 0 unspecified atom stereocenters. The van der Waals surface area contributed by atoms with Gasteiger partial charge in [-0.05, 0) is 37.6 Å². The number of hydrogen-bond acceptors (Lipinski definition) is 4. The van der Waals surface area contributed by atoms with Gasteiger partial charge in [0.1, 0.15) is 0 Å². The number of carbonyl (C=O) groups excluding carboxylic acids is 2. The van der Waals surface area contributed by atoms with Crippen molar-refractivity contribution in [3.05, 3.63) is 28.8 Å². The molecule has 1 aromatic carbocycles. The van der Waals surface area contributed by atoms with Crippen molar-refractivity contribution in [1.29, 1.82) is 0 Å². The fourth-order valence-electron chi connectivity index (χ4n) is 2.21. The molecule has 6 heteroatoms. The zero-order valence-corrected chi connectivity index (χ0v) is 12.0. The van der Waals surface area contributed by atoms with Crippen molar-refractivity contribution in [2.75, 3.05) is 25.5 Å². The summed E-state index contributed by atoms with van der Waals surface area (Å²) in [6.45, 7) is 1.60. The Morgan fingerprint density at radius 2 is 2.25 bits per heavy atom. The van der Waals surface area contributed by atoms with Gasteiger partial charge in [-0.3, -0.25) is 4.79 Å². The third kappa shape index (κ3) is 3.49. The number of anilines is 1. The van der Waals surface area contributed by atoms with E-state index in [1.807, 2.05) is 0 Å². The zero-order valence-electron chi connectivity index (χ0n) is 11.2. The van der Waals surface area contributed by atoms with E-state index < -0.39 is 5.97 Å². The molecule has 108 valence electrons. The van der Waals surface area contributed by atoms with Gasteiger partial charge in [0.2, 0.25) is 5.91 Å². The van der Waals surface area contributed by atoms with Crippen LogP contribution < -0.4 is 10.6 Å². The molecule has 0 aliphatic carbocycles. The van der Waals surface area contributed by atoms with E-state index in [2.05, 4.69) is 10.6 Å². The van der Waals surface area contributed by atoms with Gasteiger partial charge in [-0.15, -0.1) is 0 Å². The number of benzene rings is 1. The van der Waals surface area contributed by atoms with Gasteiger partial charge in [0, 0.05) is 11.6 Å². The number of piperidine rings is 1. The number of carbonyl (C=O) groups is 2. The van der Waals surface area contributed by atoms with Crippen molar-refractivity contribution in [2.45, 2.75) is 12.8 Å². The quantitative estimate of drug-likeness (QED) is 0.838. The van der Waals surface area contributed by atoms with Gasteiger partial charge in [-0.1, -0.05) is 11.6 Å². The first-order valence-corrected chi connectivity index (χ1v) is 6.89. The lowest BCUT2D eigenvalue weighted by Crippen LogP contribution is -2.37. The second-order valence-electron chi connectivity index (χ2n) is 4.71. The molecular formula is C14H17ClN2O3. The molecule has 0 bridgehead atoms. The van der Waals surface area contributed by atoms with Gasteiger partial charge in [-0.2, -0.15) is 0 Å². The minimum absolute atomic E-state index is 0.0788. The van der Waals surface area contributed by atoms with Gasteiger partial charge in [0.15, 0.2) is 0 Å². The second-order valence-corrected chi connectivity index (χ2v) is 5.15. The van der Waals surface area contributed by atoms with E-state index >= 15 is 0 Å². The fourth-order valence-corrected chi connectivity index (χ4v) is 2.39. The Balaban J connectivity index is 2.15. The van der Waals surface area contributed by atoms with E-state index in [4.69, 9.17) is 16.3 Å². The van der Waals surface area contributed by atoms with Crippen LogP contribution in [-0.2, 0) is 9.53 Å². The predicted molar refractivity (Wildman–Crippen MR) is 77.0 cm³/mol. The molecule has 0 saturated carbocycles. The van der Waals surface area contributed by atoms with Crippen molar-refractivity contribution >= 4 is 29.2 Å². The zero-order chi connectivity index (χ0) is 14.5. The Hall–Kier alpha value is -1.59. The van der Waals surface area contributed by atoms with Crippen LogP contribution in [0.25, 0.3) is 0 Å². The highest BCUT2D eigenvalue weighted by molar-refractivity contribution is 6.31. The van der Waals surface area contributed by atoms with Crippen LogP contribution in [-0.4, -0.2) is 32.1 Å². The number of rotatable bonds is 3. The number of esters is 1. The van der Waals surface area contributed by atoms with E-state index in [9.17, 15) is 9.59 Å².